The number of likely N-dealkylation sites (N-methyl/N-ethyl adjacent to an activating group) is 1. The predicted octanol–water partition coefficient (Wildman–Crippen LogP) is 2.11. The van der Waals surface area contributed by atoms with Crippen molar-refractivity contribution >= 4 is 11.4 Å². The van der Waals surface area contributed by atoms with Gasteiger partial charge >= 0.3 is 0 Å². The Morgan fingerprint density at radius 3 is 2.47 bits per heavy atom. The van der Waals surface area contributed by atoms with E-state index in [1.807, 2.05) is 13.0 Å². The second-order valence-electron chi connectivity index (χ2n) is 4.95. The highest BCUT2D eigenvalue weighted by Crippen LogP contribution is 2.23. The molecule has 0 fully saturated rings. The van der Waals surface area contributed by atoms with Crippen molar-refractivity contribution in [1.82, 2.24) is 0 Å². The molecule has 0 unspecified atom stereocenters. The predicted molar refractivity (Wildman–Crippen MR) is 67.4 cm³/mol. The van der Waals surface area contributed by atoms with Crippen LogP contribution in [0.2, 0.25) is 0 Å². The topological polar surface area (TPSA) is 66.6 Å². The van der Waals surface area contributed by atoms with Crippen molar-refractivity contribution in [2.45, 2.75) is 26.4 Å². The van der Waals surface area contributed by atoms with Crippen LogP contribution in [0.3, 0.4) is 0 Å². The maximum Gasteiger partial charge on any atom is 0.271 e. The highest BCUT2D eigenvalue weighted by Gasteiger charge is 2.17. The third kappa shape index (κ3) is 4.03. The lowest BCUT2D eigenvalue weighted by Gasteiger charge is -2.27. The number of aliphatic hydroxyl groups is 1. The van der Waals surface area contributed by atoms with E-state index in [0.717, 1.165) is 11.3 Å². The molecular weight excluding hydrogens is 220 g/mol. The lowest BCUT2D eigenvalue weighted by molar-refractivity contribution is -0.384. The lowest BCUT2D eigenvalue weighted by atomic mass is 10.1. The van der Waals surface area contributed by atoms with Gasteiger partial charge in [-0.05, 0) is 32.4 Å². The van der Waals surface area contributed by atoms with Gasteiger partial charge in [0.05, 0.1) is 10.5 Å². The molecule has 0 aromatic heterocycles. The minimum absolute atomic E-state index is 0.0718. The number of rotatable bonds is 4. The van der Waals surface area contributed by atoms with E-state index in [4.69, 9.17) is 0 Å². The molecule has 5 heteroatoms. The SMILES string of the molecule is Cc1cc(N(C)CC(C)(C)O)cc([N+](=O)[O-])c1. The first-order valence-corrected chi connectivity index (χ1v) is 5.39. The van der Waals surface area contributed by atoms with Crippen LogP contribution in [0.25, 0.3) is 0 Å². The van der Waals surface area contributed by atoms with Crippen LogP contribution in [0.1, 0.15) is 19.4 Å². The van der Waals surface area contributed by atoms with Crippen molar-refractivity contribution in [2.75, 3.05) is 18.5 Å². The monoisotopic (exact) mass is 238 g/mol. The quantitative estimate of drug-likeness (QED) is 0.644. The number of nitro groups is 1. The maximum atomic E-state index is 10.8. The fraction of sp³-hybridized carbons (Fsp3) is 0.500. The Labute approximate surface area is 101 Å². The smallest absolute Gasteiger partial charge is 0.271 e. The summed E-state index contributed by atoms with van der Waals surface area (Å²) in [5.74, 6) is 0. The first kappa shape index (κ1) is 13.4. The summed E-state index contributed by atoms with van der Waals surface area (Å²) in [6, 6.07) is 4.90. The first-order valence-electron chi connectivity index (χ1n) is 5.39. The molecule has 0 heterocycles. The number of aryl methyl sites for hydroxylation is 1. The summed E-state index contributed by atoms with van der Waals surface area (Å²) < 4.78 is 0. The standard InChI is InChI=1S/C12H18N2O3/c1-9-5-10(7-11(6-9)14(16)17)13(4)8-12(2,3)15/h5-7,15H,8H2,1-4H3. The molecule has 0 saturated heterocycles. The van der Waals surface area contributed by atoms with E-state index in [2.05, 4.69) is 0 Å². The van der Waals surface area contributed by atoms with Crippen LogP contribution in [0, 0.1) is 17.0 Å². The van der Waals surface area contributed by atoms with Crippen LogP contribution in [-0.4, -0.2) is 29.2 Å². The summed E-state index contributed by atoms with van der Waals surface area (Å²) in [7, 11) is 1.80. The van der Waals surface area contributed by atoms with Crippen LogP contribution >= 0.6 is 0 Å². The minimum atomic E-state index is -0.840. The van der Waals surface area contributed by atoms with Gasteiger partial charge in [-0.3, -0.25) is 10.1 Å². The molecule has 5 nitrogen and oxygen atoms in total. The van der Waals surface area contributed by atoms with E-state index >= 15 is 0 Å². The van der Waals surface area contributed by atoms with Crippen molar-refractivity contribution < 1.29 is 10.0 Å². The molecule has 1 aromatic rings. The zero-order valence-corrected chi connectivity index (χ0v) is 10.6. The Morgan fingerprint density at radius 2 is 2.00 bits per heavy atom. The van der Waals surface area contributed by atoms with Crippen LogP contribution in [-0.2, 0) is 0 Å². The third-order valence-electron chi connectivity index (χ3n) is 2.32. The summed E-state index contributed by atoms with van der Waals surface area (Å²) in [4.78, 5) is 12.1. The summed E-state index contributed by atoms with van der Waals surface area (Å²) in [5, 5.41) is 20.5. The molecule has 0 aliphatic heterocycles. The van der Waals surface area contributed by atoms with Gasteiger partial charge in [-0.15, -0.1) is 0 Å². The van der Waals surface area contributed by atoms with Gasteiger partial charge in [-0.1, -0.05) is 0 Å². The van der Waals surface area contributed by atoms with Crippen LogP contribution in [0.15, 0.2) is 18.2 Å². The number of hydrogen-bond donors (Lipinski definition) is 1. The molecule has 0 amide bonds. The number of nitrogens with zero attached hydrogens (tertiary/aromatic N) is 2. The van der Waals surface area contributed by atoms with E-state index in [9.17, 15) is 15.2 Å². The summed E-state index contributed by atoms with van der Waals surface area (Å²) in [5.41, 5.74) is 0.797. The van der Waals surface area contributed by atoms with Crippen molar-refractivity contribution in [1.29, 1.82) is 0 Å². The Kier molecular flexibility index (Phi) is 3.72. The van der Waals surface area contributed by atoms with Gasteiger partial charge in [-0.2, -0.15) is 0 Å². The van der Waals surface area contributed by atoms with Gasteiger partial charge in [0.1, 0.15) is 0 Å². The van der Waals surface area contributed by atoms with Crippen LogP contribution in [0.5, 0.6) is 0 Å². The molecule has 0 radical (unpaired) electrons. The van der Waals surface area contributed by atoms with E-state index in [1.54, 1.807) is 25.8 Å². The highest BCUT2D eigenvalue weighted by molar-refractivity contribution is 5.55. The second-order valence-corrected chi connectivity index (χ2v) is 4.95. The largest absolute Gasteiger partial charge is 0.389 e. The van der Waals surface area contributed by atoms with E-state index in [0.29, 0.717) is 6.54 Å². The summed E-state index contributed by atoms with van der Waals surface area (Å²) in [6.07, 6.45) is 0. The zero-order valence-electron chi connectivity index (χ0n) is 10.6. The number of non-ortho nitro benzene ring substituents is 1. The Bertz CT molecular complexity index is 424. The number of benzene rings is 1. The van der Waals surface area contributed by atoms with E-state index in [1.165, 1.54) is 12.1 Å². The fourth-order valence-electron chi connectivity index (χ4n) is 1.74. The fourth-order valence-corrected chi connectivity index (χ4v) is 1.74. The van der Waals surface area contributed by atoms with Gasteiger partial charge in [-0.25, -0.2) is 0 Å². The van der Waals surface area contributed by atoms with Gasteiger partial charge in [0.2, 0.25) is 0 Å². The van der Waals surface area contributed by atoms with Gasteiger partial charge < -0.3 is 10.0 Å². The summed E-state index contributed by atoms with van der Waals surface area (Å²) in [6.45, 7) is 5.63. The molecular formula is C12H18N2O3. The Hall–Kier alpha value is -1.62. The molecule has 1 aromatic carbocycles. The molecule has 0 atom stereocenters. The van der Waals surface area contributed by atoms with Gasteiger partial charge in [0, 0.05) is 31.4 Å². The molecule has 94 valence electrons. The number of nitro benzene ring substituents is 1. The average molecular weight is 238 g/mol. The van der Waals surface area contributed by atoms with E-state index < -0.39 is 10.5 Å². The molecule has 0 saturated carbocycles. The molecule has 0 bridgehead atoms. The molecule has 1 N–H and O–H groups in total. The average Bonchev–Trinajstić information content (AvgIpc) is 2.13. The highest BCUT2D eigenvalue weighted by atomic mass is 16.6. The van der Waals surface area contributed by atoms with Crippen molar-refractivity contribution in [2.24, 2.45) is 0 Å². The maximum absolute atomic E-state index is 10.8. The molecule has 0 aliphatic carbocycles. The molecule has 1 rings (SSSR count). The number of anilines is 1. The Balaban J connectivity index is 3.01. The lowest BCUT2D eigenvalue weighted by Crippen LogP contribution is -2.36. The van der Waals surface area contributed by atoms with E-state index in [-0.39, 0.29) is 5.69 Å². The van der Waals surface area contributed by atoms with Crippen molar-refractivity contribution in [3.8, 4) is 0 Å². The minimum Gasteiger partial charge on any atom is -0.389 e. The van der Waals surface area contributed by atoms with Crippen molar-refractivity contribution in [3.63, 3.8) is 0 Å². The Morgan fingerprint density at radius 1 is 1.41 bits per heavy atom. The molecule has 17 heavy (non-hydrogen) atoms. The van der Waals surface area contributed by atoms with Gasteiger partial charge in [0.15, 0.2) is 0 Å². The second kappa shape index (κ2) is 4.71. The van der Waals surface area contributed by atoms with Crippen LogP contribution in [0.4, 0.5) is 11.4 Å². The molecule has 0 aliphatic rings. The third-order valence-corrected chi connectivity index (χ3v) is 2.32. The first-order chi connectivity index (χ1) is 7.69. The van der Waals surface area contributed by atoms with Crippen LogP contribution < -0.4 is 4.90 Å². The normalized spacial score (nSPS) is 11.4. The van der Waals surface area contributed by atoms with Gasteiger partial charge in [0.25, 0.3) is 5.69 Å². The van der Waals surface area contributed by atoms with Crippen molar-refractivity contribution in [3.05, 3.63) is 33.9 Å². The zero-order chi connectivity index (χ0) is 13.2. The number of hydrogen-bond acceptors (Lipinski definition) is 4. The summed E-state index contributed by atoms with van der Waals surface area (Å²) >= 11 is 0. The molecule has 0 spiro atoms.